The van der Waals surface area contributed by atoms with Crippen molar-refractivity contribution in [2.24, 2.45) is 0 Å². The van der Waals surface area contributed by atoms with Gasteiger partial charge in [0.2, 0.25) is 0 Å². The summed E-state index contributed by atoms with van der Waals surface area (Å²) < 4.78 is 5.10. The molecule has 0 spiro atoms. The summed E-state index contributed by atoms with van der Waals surface area (Å²) in [6.45, 7) is 3.97. The Morgan fingerprint density at radius 3 is 2.15 bits per heavy atom. The van der Waals surface area contributed by atoms with Crippen LogP contribution < -0.4 is 4.74 Å². The molecule has 0 fully saturated rings. The molecule has 0 heterocycles. The van der Waals surface area contributed by atoms with Crippen molar-refractivity contribution in [3.8, 4) is 17.6 Å². The van der Waals surface area contributed by atoms with Crippen molar-refractivity contribution in [2.75, 3.05) is 7.11 Å². The average Bonchev–Trinajstić information content (AvgIpc) is 2.45. The molecule has 0 amide bonds. The number of aliphatic hydroxyl groups is 1. The number of aryl methyl sites for hydroxylation is 2. The van der Waals surface area contributed by atoms with Crippen LogP contribution in [-0.4, -0.2) is 12.2 Å². The van der Waals surface area contributed by atoms with E-state index in [1.54, 1.807) is 7.11 Å². The summed E-state index contributed by atoms with van der Waals surface area (Å²) in [5, 5.41) is 10.2. The Morgan fingerprint density at radius 2 is 1.60 bits per heavy atom. The lowest BCUT2D eigenvalue weighted by Gasteiger charge is -2.11. The van der Waals surface area contributed by atoms with E-state index in [4.69, 9.17) is 4.74 Å². The monoisotopic (exact) mass is 266 g/mol. The molecule has 0 saturated heterocycles. The van der Waals surface area contributed by atoms with Gasteiger partial charge in [-0.3, -0.25) is 0 Å². The molecule has 0 bridgehead atoms. The van der Waals surface area contributed by atoms with Crippen LogP contribution in [0, 0.1) is 25.7 Å². The molecule has 0 aliphatic heterocycles. The molecule has 1 atom stereocenters. The van der Waals surface area contributed by atoms with Crippen molar-refractivity contribution in [1.82, 2.24) is 0 Å². The Hall–Kier alpha value is -2.24. The van der Waals surface area contributed by atoms with Crippen LogP contribution in [0.2, 0.25) is 0 Å². The van der Waals surface area contributed by atoms with E-state index < -0.39 is 6.10 Å². The molecular weight excluding hydrogens is 248 g/mol. The Balaban J connectivity index is 2.23. The molecule has 0 aliphatic carbocycles. The molecular formula is C18H18O2. The molecule has 0 aliphatic rings. The summed E-state index contributed by atoms with van der Waals surface area (Å²) in [4.78, 5) is 0. The first-order chi connectivity index (χ1) is 9.61. The molecule has 0 aromatic heterocycles. The van der Waals surface area contributed by atoms with Gasteiger partial charge in [-0.1, -0.05) is 30.0 Å². The zero-order valence-electron chi connectivity index (χ0n) is 12.0. The predicted octanol–water partition coefficient (Wildman–Crippen LogP) is 3.40. The maximum atomic E-state index is 10.2. The van der Waals surface area contributed by atoms with Crippen LogP contribution in [0.5, 0.6) is 5.75 Å². The van der Waals surface area contributed by atoms with Crippen LogP contribution in [0.3, 0.4) is 0 Å². The predicted molar refractivity (Wildman–Crippen MR) is 80.7 cm³/mol. The van der Waals surface area contributed by atoms with Crippen LogP contribution in [0.4, 0.5) is 0 Å². The van der Waals surface area contributed by atoms with Crippen LogP contribution in [-0.2, 0) is 0 Å². The Bertz CT molecular complexity index is 625. The maximum absolute atomic E-state index is 10.2. The molecule has 102 valence electrons. The summed E-state index contributed by atoms with van der Waals surface area (Å²) in [5.41, 5.74) is 3.87. The first-order valence-electron chi connectivity index (χ1n) is 6.51. The van der Waals surface area contributed by atoms with Gasteiger partial charge < -0.3 is 9.84 Å². The summed E-state index contributed by atoms with van der Waals surface area (Å²) in [7, 11) is 1.63. The van der Waals surface area contributed by atoms with Crippen molar-refractivity contribution in [3.05, 3.63) is 64.7 Å². The Labute approximate surface area is 120 Å². The van der Waals surface area contributed by atoms with E-state index in [-0.39, 0.29) is 0 Å². The van der Waals surface area contributed by atoms with Gasteiger partial charge in [0.1, 0.15) is 11.9 Å². The van der Waals surface area contributed by atoms with E-state index in [9.17, 15) is 5.11 Å². The van der Waals surface area contributed by atoms with Crippen molar-refractivity contribution in [2.45, 2.75) is 20.0 Å². The highest BCUT2D eigenvalue weighted by Crippen LogP contribution is 2.21. The first kappa shape index (κ1) is 14.2. The van der Waals surface area contributed by atoms with Gasteiger partial charge in [-0.2, -0.15) is 0 Å². The largest absolute Gasteiger partial charge is 0.497 e. The van der Waals surface area contributed by atoms with Gasteiger partial charge in [-0.25, -0.2) is 0 Å². The van der Waals surface area contributed by atoms with Gasteiger partial charge in [0.25, 0.3) is 0 Å². The van der Waals surface area contributed by atoms with Crippen molar-refractivity contribution >= 4 is 0 Å². The number of hydrogen-bond acceptors (Lipinski definition) is 2. The number of hydrogen-bond donors (Lipinski definition) is 1. The summed E-state index contributed by atoms with van der Waals surface area (Å²) in [5.74, 6) is 6.69. The lowest BCUT2D eigenvalue weighted by molar-refractivity contribution is 0.237. The fourth-order valence-electron chi connectivity index (χ4n) is 2.16. The van der Waals surface area contributed by atoms with Crippen molar-refractivity contribution in [3.63, 3.8) is 0 Å². The zero-order valence-corrected chi connectivity index (χ0v) is 12.0. The SMILES string of the molecule is COc1ccc(C#CC(O)c2c(C)cccc2C)cc1. The average molecular weight is 266 g/mol. The third kappa shape index (κ3) is 3.20. The van der Waals surface area contributed by atoms with Gasteiger partial charge in [0, 0.05) is 5.56 Å². The van der Waals surface area contributed by atoms with E-state index in [2.05, 4.69) is 11.8 Å². The van der Waals surface area contributed by atoms with E-state index in [0.717, 1.165) is 28.0 Å². The second-order valence-electron chi connectivity index (χ2n) is 4.71. The van der Waals surface area contributed by atoms with Gasteiger partial charge in [0.15, 0.2) is 0 Å². The zero-order chi connectivity index (χ0) is 14.5. The van der Waals surface area contributed by atoms with Gasteiger partial charge in [-0.05, 0) is 54.8 Å². The second kappa shape index (κ2) is 6.27. The molecule has 2 aromatic rings. The number of methoxy groups -OCH3 is 1. The number of rotatable bonds is 2. The standard InChI is InChI=1S/C18H18O2/c1-13-5-4-6-14(2)18(13)17(19)12-9-15-7-10-16(20-3)11-8-15/h4-8,10-11,17,19H,1-3H3. The lowest BCUT2D eigenvalue weighted by Crippen LogP contribution is -2.00. The van der Waals surface area contributed by atoms with Crippen LogP contribution in [0.1, 0.15) is 28.4 Å². The fourth-order valence-corrected chi connectivity index (χ4v) is 2.16. The highest BCUT2D eigenvalue weighted by atomic mass is 16.5. The first-order valence-corrected chi connectivity index (χ1v) is 6.51. The molecule has 2 nitrogen and oxygen atoms in total. The van der Waals surface area contributed by atoms with Crippen molar-refractivity contribution < 1.29 is 9.84 Å². The summed E-state index contributed by atoms with van der Waals surface area (Å²) in [6.07, 6.45) is -0.765. The molecule has 0 saturated carbocycles. The molecule has 20 heavy (non-hydrogen) atoms. The molecule has 0 radical (unpaired) electrons. The van der Waals surface area contributed by atoms with Gasteiger partial charge in [-0.15, -0.1) is 0 Å². The minimum absolute atomic E-state index is 0.765. The van der Waals surface area contributed by atoms with Crippen molar-refractivity contribution in [1.29, 1.82) is 0 Å². The number of aliphatic hydroxyl groups excluding tert-OH is 1. The Morgan fingerprint density at radius 1 is 1.00 bits per heavy atom. The highest BCUT2D eigenvalue weighted by molar-refractivity contribution is 5.43. The van der Waals surface area contributed by atoms with E-state index in [0.29, 0.717) is 0 Å². The third-order valence-electron chi connectivity index (χ3n) is 3.26. The third-order valence-corrected chi connectivity index (χ3v) is 3.26. The maximum Gasteiger partial charge on any atom is 0.141 e. The quantitative estimate of drug-likeness (QED) is 0.844. The fraction of sp³-hybridized carbons (Fsp3) is 0.222. The Kier molecular flexibility index (Phi) is 4.45. The normalized spacial score (nSPS) is 11.4. The number of ether oxygens (including phenoxy) is 1. The van der Waals surface area contributed by atoms with Crippen LogP contribution >= 0.6 is 0 Å². The van der Waals surface area contributed by atoms with E-state index in [1.807, 2.05) is 56.3 Å². The molecule has 1 unspecified atom stereocenters. The van der Waals surface area contributed by atoms with Crippen LogP contribution in [0.15, 0.2) is 42.5 Å². The van der Waals surface area contributed by atoms with Crippen LogP contribution in [0.25, 0.3) is 0 Å². The highest BCUT2D eigenvalue weighted by Gasteiger charge is 2.09. The van der Waals surface area contributed by atoms with E-state index >= 15 is 0 Å². The summed E-state index contributed by atoms with van der Waals surface area (Å²) >= 11 is 0. The minimum Gasteiger partial charge on any atom is -0.497 e. The molecule has 2 rings (SSSR count). The molecule has 1 N–H and O–H groups in total. The van der Waals surface area contributed by atoms with Gasteiger partial charge in [0.05, 0.1) is 7.11 Å². The van der Waals surface area contributed by atoms with E-state index in [1.165, 1.54) is 0 Å². The number of benzene rings is 2. The topological polar surface area (TPSA) is 29.5 Å². The summed E-state index contributed by atoms with van der Waals surface area (Å²) in [6, 6.07) is 13.4. The lowest BCUT2D eigenvalue weighted by atomic mass is 9.98. The van der Waals surface area contributed by atoms with Gasteiger partial charge >= 0.3 is 0 Å². The smallest absolute Gasteiger partial charge is 0.141 e. The second-order valence-corrected chi connectivity index (χ2v) is 4.71. The molecule has 2 aromatic carbocycles. The molecule has 2 heteroatoms. The minimum atomic E-state index is -0.765.